The van der Waals surface area contributed by atoms with Gasteiger partial charge in [-0.25, -0.2) is 0 Å². The first-order chi connectivity index (χ1) is 9.43. The average molecular weight is 283 g/mol. The standard InChI is InChI=1S/C15H16F3NO/c1-3-19-14(13-7-8-20-10(13)2)11-5-4-6-12(9-11)15(16,17)18/h4-9,14,19H,3H2,1-2H3. The molecule has 1 heterocycles. The number of rotatable bonds is 4. The summed E-state index contributed by atoms with van der Waals surface area (Å²) in [6.07, 6.45) is -2.79. The molecule has 2 rings (SSSR count). The Morgan fingerprint density at radius 1 is 1.25 bits per heavy atom. The van der Waals surface area contributed by atoms with Crippen molar-refractivity contribution in [3.05, 3.63) is 59.0 Å². The van der Waals surface area contributed by atoms with E-state index >= 15 is 0 Å². The summed E-state index contributed by atoms with van der Waals surface area (Å²) in [4.78, 5) is 0. The maximum Gasteiger partial charge on any atom is 0.416 e. The number of benzene rings is 1. The molecule has 5 heteroatoms. The van der Waals surface area contributed by atoms with Gasteiger partial charge in [0, 0.05) is 5.56 Å². The van der Waals surface area contributed by atoms with Crippen LogP contribution in [0.2, 0.25) is 0 Å². The highest BCUT2D eigenvalue weighted by Crippen LogP contribution is 2.32. The van der Waals surface area contributed by atoms with Crippen LogP contribution < -0.4 is 5.32 Å². The van der Waals surface area contributed by atoms with Crippen LogP contribution in [0.1, 0.15) is 35.4 Å². The predicted octanol–water partition coefficient (Wildman–Crippen LogP) is 4.31. The smallest absolute Gasteiger partial charge is 0.416 e. The minimum atomic E-state index is -4.34. The summed E-state index contributed by atoms with van der Waals surface area (Å²) < 4.78 is 43.6. The molecule has 1 unspecified atom stereocenters. The highest BCUT2D eigenvalue weighted by atomic mass is 19.4. The van der Waals surface area contributed by atoms with E-state index in [4.69, 9.17) is 4.42 Å². The first-order valence-corrected chi connectivity index (χ1v) is 6.38. The number of nitrogens with one attached hydrogen (secondary N) is 1. The molecule has 0 bridgehead atoms. The third-order valence-corrected chi connectivity index (χ3v) is 3.17. The van der Waals surface area contributed by atoms with Crippen LogP contribution in [0.3, 0.4) is 0 Å². The van der Waals surface area contributed by atoms with Gasteiger partial charge < -0.3 is 9.73 Å². The van der Waals surface area contributed by atoms with Gasteiger partial charge in [-0.2, -0.15) is 13.2 Å². The molecule has 0 aliphatic rings. The number of halogens is 3. The Labute approximate surface area is 115 Å². The quantitative estimate of drug-likeness (QED) is 0.904. The highest BCUT2D eigenvalue weighted by molar-refractivity contribution is 5.36. The summed E-state index contributed by atoms with van der Waals surface area (Å²) in [5.41, 5.74) is 0.788. The lowest BCUT2D eigenvalue weighted by Crippen LogP contribution is -2.22. The number of furan rings is 1. The monoisotopic (exact) mass is 283 g/mol. The Balaban J connectivity index is 2.43. The molecule has 1 aromatic carbocycles. The zero-order valence-corrected chi connectivity index (χ0v) is 11.3. The van der Waals surface area contributed by atoms with E-state index in [2.05, 4.69) is 5.32 Å². The maximum atomic E-state index is 12.8. The normalized spacial score (nSPS) is 13.4. The van der Waals surface area contributed by atoms with Gasteiger partial charge in [0.2, 0.25) is 0 Å². The molecule has 20 heavy (non-hydrogen) atoms. The van der Waals surface area contributed by atoms with E-state index in [-0.39, 0.29) is 6.04 Å². The van der Waals surface area contributed by atoms with Crippen LogP contribution >= 0.6 is 0 Å². The Kier molecular flexibility index (Phi) is 4.18. The van der Waals surface area contributed by atoms with Crippen molar-refractivity contribution in [3.8, 4) is 0 Å². The van der Waals surface area contributed by atoms with Crippen molar-refractivity contribution in [1.82, 2.24) is 5.32 Å². The van der Waals surface area contributed by atoms with Gasteiger partial charge in [-0.3, -0.25) is 0 Å². The highest BCUT2D eigenvalue weighted by Gasteiger charge is 2.31. The summed E-state index contributed by atoms with van der Waals surface area (Å²) in [5, 5.41) is 3.19. The van der Waals surface area contributed by atoms with Gasteiger partial charge in [0.1, 0.15) is 5.76 Å². The number of aryl methyl sites for hydroxylation is 1. The second-order valence-electron chi connectivity index (χ2n) is 4.55. The molecule has 0 saturated heterocycles. The molecule has 0 aliphatic heterocycles. The SMILES string of the molecule is CCNC(c1cccc(C(F)(F)F)c1)c1ccoc1C. The second-order valence-corrected chi connectivity index (χ2v) is 4.55. The van der Waals surface area contributed by atoms with Crippen molar-refractivity contribution < 1.29 is 17.6 Å². The lowest BCUT2D eigenvalue weighted by molar-refractivity contribution is -0.137. The molecular formula is C15H16F3NO. The first kappa shape index (κ1) is 14.7. The molecule has 0 saturated carbocycles. The minimum Gasteiger partial charge on any atom is -0.469 e. The average Bonchev–Trinajstić information content (AvgIpc) is 2.81. The Morgan fingerprint density at radius 2 is 2.00 bits per heavy atom. The third kappa shape index (κ3) is 3.04. The summed E-state index contributed by atoms with van der Waals surface area (Å²) in [5.74, 6) is 0.702. The molecule has 1 atom stereocenters. The lowest BCUT2D eigenvalue weighted by Gasteiger charge is -2.19. The molecule has 0 spiro atoms. The van der Waals surface area contributed by atoms with Crippen LogP contribution in [0.25, 0.3) is 0 Å². The molecule has 0 fully saturated rings. The van der Waals surface area contributed by atoms with E-state index in [1.807, 2.05) is 6.92 Å². The Hall–Kier alpha value is -1.75. The topological polar surface area (TPSA) is 25.2 Å². The van der Waals surface area contributed by atoms with Gasteiger partial charge >= 0.3 is 6.18 Å². The molecule has 2 nitrogen and oxygen atoms in total. The fourth-order valence-electron chi connectivity index (χ4n) is 2.20. The molecule has 2 aromatic rings. The maximum absolute atomic E-state index is 12.8. The van der Waals surface area contributed by atoms with Crippen molar-refractivity contribution >= 4 is 0 Å². The van der Waals surface area contributed by atoms with Crippen molar-refractivity contribution in [2.75, 3.05) is 6.54 Å². The van der Waals surface area contributed by atoms with Gasteiger partial charge in [-0.15, -0.1) is 0 Å². The Morgan fingerprint density at radius 3 is 2.55 bits per heavy atom. The molecule has 0 radical (unpaired) electrons. The first-order valence-electron chi connectivity index (χ1n) is 6.38. The van der Waals surface area contributed by atoms with E-state index in [0.717, 1.165) is 11.6 Å². The fourth-order valence-corrected chi connectivity index (χ4v) is 2.20. The molecule has 1 aromatic heterocycles. The molecule has 1 N–H and O–H groups in total. The van der Waals surface area contributed by atoms with Crippen LogP contribution in [0.5, 0.6) is 0 Å². The van der Waals surface area contributed by atoms with Gasteiger partial charge in [0.15, 0.2) is 0 Å². The molecular weight excluding hydrogens is 267 g/mol. The van der Waals surface area contributed by atoms with Crippen molar-refractivity contribution in [2.24, 2.45) is 0 Å². The predicted molar refractivity (Wildman–Crippen MR) is 70.4 cm³/mol. The number of hydrogen-bond donors (Lipinski definition) is 1. The molecule has 108 valence electrons. The molecule has 0 aliphatic carbocycles. The second kappa shape index (κ2) is 5.71. The van der Waals surface area contributed by atoms with E-state index in [1.165, 1.54) is 12.1 Å². The van der Waals surface area contributed by atoms with Crippen molar-refractivity contribution in [1.29, 1.82) is 0 Å². The van der Waals surface area contributed by atoms with E-state index in [1.54, 1.807) is 25.3 Å². The summed E-state index contributed by atoms with van der Waals surface area (Å²) in [7, 11) is 0. The van der Waals surface area contributed by atoms with Crippen LogP contribution in [0.4, 0.5) is 13.2 Å². The number of hydrogen-bond acceptors (Lipinski definition) is 2. The van der Waals surface area contributed by atoms with Gasteiger partial charge in [-0.1, -0.05) is 19.1 Å². The lowest BCUT2D eigenvalue weighted by atomic mass is 9.97. The fraction of sp³-hybridized carbons (Fsp3) is 0.333. The van der Waals surface area contributed by atoms with Gasteiger partial charge in [0.25, 0.3) is 0 Å². The zero-order valence-electron chi connectivity index (χ0n) is 11.3. The van der Waals surface area contributed by atoms with Crippen LogP contribution in [-0.2, 0) is 6.18 Å². The van der Waals surface area contributed by atoms with Gasteiger partial charge in [0.05, 0.1) is 17.9 Å². The van der Waals surface area contributed by atoms with Crippen molar-refractivity contribution in [2.45, 2.75) is 26.1 Å². The molecule has 0 amide bonds. The van der Waals surface area contributed by atoms with Gasteiger partial charge in [-0.05, 0) is 37.2 Å². The third-order valence-electron chi connectivity index (χ3n) is 3.17. The van der Waals surface area contributed by atoms with E-state index in [9.17, 15) is 13.2 Å². The largest absolute Gasteiger partial charge is 0.469 e. The zero-order chi connectivity index (χ0) is 14.8. The minimum absolute atomic E-state index is 0.305. The number of alkyl halides is 3. The van der Waals surface area contributed by atoms with Crippen LogP contribution in [0.15, 0.2) is 41.0 Å². The van der Waals surface area contributed by atoms with Crippen molar-refractivity contribution in [3.63, 3.8) is 0 Å². The van der Waals surface area contributed by atoms with Crippen LogP contribution in [0, 0.1) is 6.92 Å². The van der Waals surface area contributed by atoms with E-state index in [0.29, 0.717) is 17.9 Å². The van der Waals surface area contributed by atoms with Crippen LogP contribution in [-0.4, -0.2) is 6.54 Å². The Bertz CT molecular complexity index is 574. The summed E-state index contributed by atoms with van der Waals surface area (Å²) in [6, 6.07) is 6.85. The summed E-state index contributed by atoms with van der Waals surface area (Å²) in [6.45, 7) is 4.36. The summed E-state index contributed by atoms with van der Waals surface area (Å²) >= 11 is 0. The van der Waals surface area contributed by atoms with E-state index < -0.39 is 11.7 Å².